The molecule has 1 amide bonds. The second-order valence-corrected chi connectivity index (χ2v) is 10.4. The van der Waals surface area contributed by atoms with Crippen LogP contribution in [0, 0.1) is 11.3 Å². The van der Waals surface area contributed by atoms with Gasteiger partial charge in [0.15, 0.2) is 0 Å². The number of fused-ring (bicyclic) bond motifs is 1. The lowest BCUT2D eigenvalue weighted by atomic mass is 10.1. The second-order valence-electron chi connectivity index (χ2n) is 9.94. The zero-order valence-electron chi connectivity index (χ0n) is 23.9. The van der Waals surface area contributed by atoms with Gasteiger partial charge in [0.05, 0.1) is 53.0 Å². The summed E-state index contributed by atoms with van der Waals surface area (Å²) in [5.74, 6) is 0.913. The molecule has 4 aromatic rings. The molecule has 5 rings (SSSR count). The molecule has 0 atom stereocenters. The standard InChI is InChI=1S/C32H33ClN6O4/c1-2-42-30-18-27-25(17-28(30)38-31(40)7-5-11-39-12-14-41-15-13-39)32(22(19-34)20-36-27)37-23-8-9-29(26(33)16-23)43-21-24-6-3-4-10-35-24/h3-4,6,8-10,16-18,20H,2,5,7,11-15,21H2,1H3,(H,36,37)(H,38,40). The Hall–Kier alpha value is -4.43. The van der Waals surface area contributed by atoms with Crippen molar-refractivity contribution in [3.63, 3.8) is 0 Å². The summed E-state index contributed by atoms with van der Waals surface area (Å²) >= 11 is 6.55. The Morgan fingerprint density at radius 3 is 2.72 bits per heavy atom. The summed E-state index contributed by atoms with van der Waals surface area (Å²) in [6.45, 7) is 6.65. The number of nitrogens with one attached hydrogen (secondary N) is 2. The highest BCUT2D eigenvalue weighted by atomic mass is 35.5. The largest absolute Gasteiger partial charge is 0.492 e. The van der Waals surface area contributed by atoms with Crippen molar-refractivity contribution in [2.24, 2.45) is 0 Å². The maximum Gasteiger partial charge on any atom is 0.224 e. The molecular formula is C32H33ClN6O4. The first kappa shape index (κ1) is 30.0. The maximum absolute atomic E-state index is 12.9. The van der Waals surface area contributed by atoms with Crippen molar-refractivity contribution in [3.8, 4) is 17.6 Å². The van der Waals surface area contributed by atoms with Crippen LogP contribution in [0.25, 0.3) is 10.9 Å². The molecule has 0 radical (unpaired) electrons. The van der Waals surface area contributed by atoms with Crippen LogP contribution in [-0.4, -0.2) is 60.2 Å². The molecule has 222 valence electrons. The average molecular weight is 601 g/mol. The van der Waals surface area contributed by atoms with E-state index in [1.807, 2.05) is 31.2 Å². The molecule has 0 saturated carbocycles. The van der Waals surface area contributed by atoms with Crippen LogP contribution in [0.2, 0.25) is 5.02 Å². The monoisotopic (exact) mass is 600 g/mol. The fourth-order valence-corrected chi connectivity index (χ4v) is 5.02. The van der Waals surface area contributed by atoms with Gasteiger partial charge in [0.1, 0.15) is 24.2 Å². The Labute approximate surface area is 255 Å². The molecule has 2 N–H and O–H groups in total. The van der Waals surface area contributed by atoms with E-state index in [0.717, 1.165) is 45.0 Å². The minimum absolute atomic E-state index is 0.111. The first-order valence-corrected chi connectivity index (χ1v) is 14.6. The smallest absolute Gasteiger partial charge is 0.224 e. The summed E-state index contributed by atoms with van der Waals surface area (Å²) in [6.07, 6.45) is 4.32. The number of nitrogens with zero attached hydrogens (tertiary/aromatic N) is 4. The third-order valence-corrected chi connectivity index (χ3v) is 7.24. The van der Waals surface area contributed by atoms with Crippen molar-refractivity contribution in [2.75, 3.05) is 50.1 Å². The van der Waals surface area contributed by atoms with E-state index < -0.39 is 0 Å². The van der Waals surface area contributed by atoms with Crippen LogP contribution in [0.5, 0.6) is 11.5 Å². The number of pyridine rings is 2. The van der Waals surface area contributed by atoms with E-state index in [2.05, 4.69) is 31.6 Å². The van der Waals surface area contributed by atoms with Gasteiger partial charge in [-0.2, -0.15) is 5.26 Å². The van der Waals surface area contributed by atoms with Crippen molar-refractivity contribution < 1.29 is 19.0 Å². The first-order chi connectivity index (χ1) is 21.0. The minimum Gasteiger partial charge on any atom is -0.492 e. The summed E-state index contributed by atoms with van der Waals surface area (Å²) in [5, 5.41) is 17.3. The average Bonchev–Trinajstić information content (AvgIpc) is 3.02. The first-order valence-electron chi connectivity index (χ1n) is 14.2. The summed E-state index contributed by atoms with van der Waals surface area (Å²) in [6, 6.07) is 16.7. The summed E-state index contributed by atoms with van der Waals surface area (Å²) in [7, 11) is 0. The zero-order chi connectivity index (χ0) is 30.0. The Morgan fingerprint density at radius 1 is 1.12 bits per heavy atom. The molecule has 1 aliphatic heterocycles. The quantitative estimate of drug-likeness (QED) is 0.204. The topological polar surface area (TPSA) is 122 Å². The van der Waals surface area contributed by atoms with Gasteiger partial charge in [0.2, 0.25) is 5.91 Å². The van der Waals surface area contributed by atoms with Crippen molar-refractivity contribution in [3.05, 3.63) is 77.2 Å². The Kier molecular flexibility index (Phi) is 10.2. The molecule has 10 nitrogen and oxygen atoms in total. The van der Waals surface area contributed by atoms with Gasteiger partial charge < -0.3 is 24.8 Å². The number of benzene rings is 2. The van der Waals surface area contributed by atoms with Gasteiger partial charge in [-0.25, -0.2) is 0 Å². The van der Waals surface area contributed by atoms with E-state index >= 15 is 0 Å². The third-order valence-electron chi connectivity index (χ3n) is 6.95. The molecule has 11 heteroatoms. The van der Waals surface area contributed by atoms with Crippen molar-refractivity contribution in [1.82, 2.24) is 14.9 Å². The maximum atomic E-state index is 12.9. The van der Waals surface area contributed by atoms with E-state index in [4.69, 9.17) is 25.8 Å². The van der Waals surface area contributed by atoms with Crippen LogP contribution in [0.1, 0.15) is 31.0 Å². The van der Waals surface area contributed by atoms with E-state index in [0.29, 0.717) is 63.1 Å². The van der Waals surface area contributed by atoms with Gasteiger partial charge in [0, 0.05) is 49.0 Å². The number of amides is 1. The SMILES string of the molecule is CCOc1cc2ncc(C#N)c(Nc3ccc(OCc4ccccn4)c(Cl)c3)c2cc1NC(=O)CCCN1CCOCC1. The molecule has 2 aromatic carbocycles. The lowest BCUT2D eigenvalue weighted by Gasteiger charge is -2.26. The highest BCUT2D eigenvalue weighted by molar-refractivity contribution is 6.32. The number of halogens is 1. The number of ether oxygens (including phenoxy) is 3. The van der Waals surface area contributed by atoms with E-state index in [1.54, 1.807) is 30.5 Å². The van der Waals surface area contributed by atoms with Crippen molar-refractivity contribution >= 4 is 45.5 Å². The predicted octanol–water partition coefficient (Wildman–Crippen LogP) is 5.93. The van der Waals surface area contributed by atoms with E-state index in [9.17, 15) is 10.1 Å². The van der Waals surface area contributed by atoms with Gasteiger partial charge in [-0.3, -0.25) is 19.7 Å². The molecular weight excluding hydrogens is 568 g/mol. The van der Waals surface area contributed by atoms with Gasteiger partial charge in [-0.15, -0.1) is 0 Å². The molecule has 1 saturated heterocycles. The highest BCUT2D eigenvalue weighted by Crippen LogP contribution is 2.37. The molecule has 0 unspecified atom stereocenters. The lowest BCUT2D eigenvalue weighted by molar-refractivity contribution is -0.116. The molecule has 43 heavy (non-hydrogen) atoms. The second kappa shape index (κ2) is 14.6. The molecule has 0 spiro atoms. The van der Waals surface area contributed by atoms with Crippen LogP contribution < -0.4 is 20.1 Å². The number of rotatable bonds is 12. The van der Waals surface area contributed by atoms with Crippen LogP contribution in [0.4, 0.5) is 17.1 Å². The summed E-state index contributed by atoms with van der Waals surface area (Å²) in [4.78, 5) is 24.0. The number of hydrogen-bond donors (Lipinski definition) is 2. The summed E-state index contributed by atoms with van der Waals surface area (Å²) in [5.41, 5.74) is 3.44. The normalized spacial score (nSPS) is 13.3. The Morgan fingerprint density at radius 2 is 1.98 bits per heavy atom. The van der Waals surface area contributed by atoms with Gasteiger partial charge in [-0.1, -0.05) is 17.7 Å². The third kappa shape index (κ3) is 7.90. The van der Waals surface area contributed by atoms with Crippen LogP contribution >= 0.6 is 11.6 Å². The lowest BCUT2D eigenvalue weighted by Crippen LogP contribution is -2.37. The van der Waals surface area contributed by atoms with Crippen LogP contribution in [-0.2, 0) is 16.1 Å². The number of hydrogen-bond acceptors (Lipinski definition) is 9. The van der Waals surface area contributed by atoms with Gasteiger partial charge >= 0.3 is 0 Å². The fourth-order valence-electron chi connectivity index (χ4n) is 4.79. The van der Waals surface area contributed by atoms with Gasteiger partial charge in [0.25, 0.3) is 0 Å². The number of aromatic nitrogens is 2. The Bertz CT molecular complexity index is 1610. The minimum atomic E-state index is -0.111. The molecule has 0 aliphatic carbocycles. The number of carbonyl (C=O) groups is 1. The number of anilines is 3. The van der Waals surface area contributed by atoms with E-state index in [1.165, 1.54) is 6.20 Å². The van der Waals surface area contributed by atoms with Crippen molar-refractivity contribution in [1.29, 1.82) is 5.26 Å². The predicted molar refractivity (Wildman–Crippen MR) is 166 cm³/mol. The Balaban J connectivity index is 1.36. The molecule has 2 aromatic heterocycles. The number of nitriles is 1. The molecule has 0 bridgehead atoms. The number of carbonyl (C=O) groups excluding carboxylic acids is 1. The zero-order valence-corrected chi connectivity index (χ0v) is 24.7. The molecule has 1 aliphatic rings. The molecule has 3 heterocycles. The van der Waals surface area contributed by atoms with Gasteiger partial charge in [-0.05, 0) is 56.3 Å². The van der Waals surface area contributed by atoms with E-state index in [-0.39, 0.29) is 12.5 Å². The van der Waals surface area contributed by atoms with Crippen LogP contribution in [0.15, 0.2) is 60.9 Å². The highest BCUT2D eigenvalue weighted by Gasteiger charge is 2.17. The van der Waals surface area contributed by atoms with Crippen molar-refractivity contribution in [2.45, 2.75) is 26.4 Å². The van der Waals surface area contributed by atoms with Crippen LogP contribution in [0.3, 0.4) is 0 Å². The summed E-state index contributed by atoms with van der Waals surface area (Å²) < 4.78 is 17.1. The fraction of sp³-hybridized carbons (Fsp3) is 0.312. The molecule has 1 fully saturated rings. The number of morpholine rings is 1.